The summed E-state index contributed by atoms with van der Waals surface area (Å²) in [4.78, 5) is 6.35. The molecule has 3 nitrogen and oxygen atoms in total. The molecule has 3 heteroatoms. The van der Waals surface area contributed by atoms with E-state index in [0.29, 0.717) is 30.5 Å². The van der Waals surface area contributed by atoms with E-state index in [1.165, 1.54) is 27.7 Å². The Hall–Kier alpha value is -1.58. The third-order valence-corrected chi connectivity index (χ3v) is 6.33. The Morgan fingerprint density at radius 3 is 3.05 bits per heavy atom. The van der Waals surface area contributed by atoms with Crippen molar-refractivity contribution in [2.75, 3.05) is 13.2 Å². The first-order valence-corrected chi connectivity index (χ1v) is 8.43. The molecule has 4 unspecified atom stereocenters. The number of fused-ring (bicyclic) bond motifs is 4. The maximum atomic E-state index is 9.99. The quantitative estimate of drug-likeness (QED) is 0.794. The zero-order chi connectivity index (χ0) is 14.8. The van der Waals surface area contributed by atoms with Gasteiger partial charge in [0.1, 0.15) is 0 Å². The van der Waals surface area contributed by atoms with Gasteiger partial charge in [0.15, 0.2) is 0 Å². The van der Waals surface area contributed by atoms with Crippen LogP contribution in [0.5, 0.6) is 0 Å². The molecule has 4 bridgehead atoms. The second-order valence-corrected chi connectivity index (χ2v) is 7.07. The van der Waals surface area contributed by atoms with E-state index in [1.54, 1.807) is 0 Å². The largest absolute Gasteiger partial charge is 0.396 e. The highest BCUT2D eigenvalue weighted by Gasteiger charge is 2.52. The molecular formula is C19H22N2O. The molecule has 5 atom stereocenters. The summed E-state index contributed by atoms with van der Waals surface area (Å²) in [7, 11) is 0. The number of hydrogen-bond donors (Lipinski definition) is 2. The highest BCUT2D eigenvalue weighted by molar-refractivity contribution is 5.85. The molecule has 0 spiro atoms. The number of rotatable bonds is 1. The molecule has 2 N–H and O–H groups in total. The lowest BCUT2D eigenvalue weighted by molar-refractivity contribution is -0.0503. The normalized spacial score (nSPS) is 37.7. The summed E-state index contributed by atoms with van der Waals surface area (Å²) in [5, 5.41) is 11.4. The van der Waals surface area contributed by atoms with Crippen LogP contribution < -0.4 is 0 Å². The molecule has 0 aliphatic carbocycles. The standard InChI is InChI=1S/C19H22N2O/c1-2-11-9-21-17-8-14-12-5-3-4-6-16(12)20-19(14)18(21)7-13(11)15(17)10-22/h2-6,13,15,17-18,20,22H,7-10H2,1H3/b11-2-/t13?,15?,17?,18-/m0/s1. The van der Waals surface area contributed by atoms with Gasteiger partial charge in [0, 0.05) is 41.7 Å². The second kappa shape index (κ2) is 4.46. The minimum Gasteiger partial charge on any atom is -0.396 e. The van der Waals surface area contributed by atoms with E-state index in [2.05, 4.69) is 47.1 Å². The Labute approximate surface area is 130 Å². The van der Waals surface area contributed by atoms with Gasteiger partial charge in [-0.15, -0.1) is 0 Å². The van der Waals surface area contributed by atoms with Crippen molar-refractivity contribution >= 4 is 10.9 Å². The Kier molecular flexibility index (Phi) is 2.62. The van der Waals surface area contributed by atoms with Gasteiger partial charge in [-0.2, -0.15) is 0 Å². The summed E-state index contributed by atoms with van der Waals surface area (Å²) in [5.74, 6) is 0.965. The molecule has 5 heterocycles. The Morgan fingerprint density at radius 1 is 1.36 bits per heavy atom. The van der Waals surface area contributed by atoms with Crippen molar-refractivity contribution in [2.24, 2.45) is 11.8 Å². The summed E-state index contributed by atoms with van der Waals surface area (Å²) < 4.78 is 0. The van der Waals surface area contributed by atoms with Gasteiger partial charge in [0.25, 0.3) is 0 Å². The lowest BCUT2D eigenvalue weighted by Crippen LogP contribution is -2.60. The molecule has 22 heavy (non-hydrogen) atoms. The molecule has 2 aromatic rings. The van der Waals surface area contributed by atoms with Crippen molar-refractivity contribution in [3.8, 4) is 0 Å². The number of piperidine rings is 3. The third-order valence-electron chi connectivity index (χ3n) is 6.33. The van der Waals surface area contributed by atoms with Gasteiger partial charge in [-0.25, -0.2) is 0 Å². The first-order valence-electron chi connectivity index (χ1n) is 8.43. The molecule has 0 saturated carbocycles. The number of nitrogens with one attached hydrogen (secondary N) is 1. The fourth-order valence-corrected chi connectivity index (χ4v) is 5.32. The first-order chi connectivity index (χ1) is 10.8. The third kappa shape index (κ3) is 1.48. The number of aliphatic hydroxyl groups excluding tert-OH is 1. The highest BCUT2D eigenvalue weighted by atomic mass is 16.3. The van der Waals surface area contributed by atoms with Crippen LogP contribution in [0.15, 0.2) is 35.9 Å². The average molecular weight is 294 g/mol. The van der Waals surface area contributed by atoms with Gasteiger partial charge < -0.3 is 10.1 Å². The molecule has 1 aromatic heterocycles. The van der Waals surface area contributed by atoms with E-state index >= 15 is 0 Å². The number of benzene rings is 1. The minimum absolute atomic E-state index is 0.313. The second-order valence-electron chi connectivity index (χ2n) is 7.07. The van der Waals surface area contributed by atoms with Gasteiger partial charge in [-0.3, -0.25) is 4.90 Å². The van der Waals surface area contributed by atoms with Crippen LogP contribution in [-0.2, 0) is 6.42 Å². The maximum Gasteiger partial charge on any atom is 0.0514 e. The van der Waals surface area contributed by atoms with Crippen molar-refractivity contribution < 1.29 is 5.11 Å². The zero-order valence-corrected chi connectivity index (χ0v) is 12.9. The van der Waals surface area contributed by atoms with Gasteiger partial charge in [-0.1, -0.05) is 29.8 Å². The van der Waals surface area contributed by atoms with E-state index < -0.39 is 0 Å². The molecule has 3 fully saturated rings. The zero-order valence-electron chi connectivity index (χ0n) is 12.9. The summed E-state index contributed by atoms with van der Waals surface area (Å²) in [6.45, 7) is 3.55. The number of aromatic amines is 1. The van der Waals surface area contributed by atoms with Crippen LogP contribution in [0.4, 0.5) is 0 Å². The molecule has 3 saturated heterocycles. The van der Waals surface area contributed by atoms with Crippen LogP contribution in [0.25, 0.3) is 10.9 Å². The van der Waals surface area contributed by atoms with Crippen molar-refractivity contribution in [1.82, 2.24) is 9.88 Å². The van der Waals surface area contributed by atoms with E-state index in [4.69, 9.17) is 0 Å². The summed E-state index contributed by atoms with van der Waals surface area (Å²) in [6, 6.07) is 9.68. The molecular weight excluding hydrogens is 272 g/mol. The average Bonchev–Trinajstić information content (AvgIpc) is 2.93. The Balaban J connectivity index is 1.69. The summed E-state index contributed by atoms with van der Waals surface area (Å²) in [6.07, 6.45) is 4.51. The van der Waals surface area contributed by atoms with Crippen LogP contribution >= 0.6 is 0 Å². The Bertz CT molecular complexity index is 775. The van der Waals surface area contributed by atoms with E-state index in [1.807, 2.05) is 0 Å². The predicted octanol–water partition coefficient (Wildman–Crippen LogP) is 3.02. The minimum atomic E-state index is 0.313. The van der Waals surface area contributed by atoms with Crippen LogP contribution in [0, 0.1) is 11.8 Å². The van der Waals surface area contributed by atoms with Crippen molar-refractivity contribution in [1.29, 1.82) is 0 Å². The SMILES string of the molecule is C/C=C1/CN2C3Cc4c([nH]c5ccccc45)[C@@H]2CC1C3CO. The van der Waals surface area contributed by atoms with Crippen LogP contribution in [-0.4, -0.2) is 34.2 Å². The highest BCUT2D eigenvalue weighted by Crippen LogP contribution is 2.53. The molecule has 4 aliphatic heterocycles. The number of aromatic nitrogens is 1. The molecule has 114 valence electrons. The topological polar surface area (TPSA) is 39.3 Å². The fourth-order valence-electron chi connectivity index (χ4n) is 5.32. The predicted molar refractivity (Wildman–Crippen MR) is 87.7 cm³/mol. The fraction of sp³-hybridized carbons (Fsp3) is 0.474. The van der Waals surface area contributed by atoms with Gasteiger partial charge in [0.05, 0.1) is 6.04 Å². The van der Waals surface area contributed by atoms with Crippen LogP contribution in [0.2, 0.25) is 0 Å². The van der Waals surface area contributed by atoms with Crippen molar-refractivity contribution in [2.45, 2.75) is 31.8 Å². The number of hydrogen-bond acceptors (Lipinski definition) is 2. The molecule has 0 radical (unpaired) electrons. The van der Waals surface area contributed by atoms with E-state index in [-0.39, 0.29) is 0 Å². The van der Waals surface area contributed by atoms with Gasteiger partial charge in [-0.05, 0) is 37.3 Å². The Morgan fingerprint density at radius 2 is 2.23 bits per heavy atom. The maximum absolute atomic E-state index is 9.99. The van der Waals surface area contributed by atoms with Crippen molar-refractivity contribution in [3.05, 3.63) is 47.2 Å². The number of H-pyrrole nitrogens is 1. The first kappa shape index (κ1) is 12.9. The monoisotopic (exact) mass is 294 g/mol. The number of nitrogens with zero attached hydrogens (tertiary/aromatic N) is 1. The summed E-state index contributed by atoms with van der Waals surface area (Å²) in [5.41, 5.74) is 5.74. The lowest BCUT2D eigenvalue weighted by Gasteiger charge is -2.58. The number of allylic oxidation sites excluding steroid dienone is 1. The number of aliphatic hydroxyl groups is 1. The molecule has 6 rings (SSSR count). The smallest absolute Gasteiger partial charge is 0.0514 e. The number of para-hydroxylation sites is 1. The van der Waals surface area contributed by atoms with E-state index in [9.17, 15) is 5.11 Å². The van der Waals surface area contributed by atoms with E-state index in [0.717, 1.165) is 19.4 Å². The van der Waals surface area contributed by atoms with Crippen molar-refractivity contribution in [3.63, 3.8) is 0 Å². The van der Waals surface area contributed by atoms with Crippen LogP contribution in [0.1, 0.15) is 30.6 Å². The van der Waals surface area contributed by atoms with Gasteiger partial charge >= 0.3 is 0 Å². The molecule has 4 aliphatic rings. The van der Waals surface area contributed by atoms with Gasteiger partial charge in [0.2, 0.25) is 0 Å². The summed E-state index contributed by atoms with van der Waals surface area (Å²) >= 11 is 0. The lowest BCUT2D eigenvalue weighted by atomic mass is 9.64. The molecule has 1 aromatic carbocycles. The molecule has 0 amide bonds. The van der Waals surface area contributed by atoms with Crippen LogP contribution in [0.3, 0.4) is 0 Å².